The number of aryl methyl sites for hydroxylation is 3. The van der Waals surface area contributed by atoms with E-state index in [2.05, 4.69) is 0 Å². The molecule has 0 fully saturated rings. The first-order valence-electron chi connectivity index (χ1n) is 8.58. The first kappa shape index (κ1) is 18.2. The van der Waals surface area contributed by atoms with Gasteiger partial charge in [0.15, 0.2) is 0 Å². The summed E-state index contributed by atoms with van der Waals surface area (Å²) in [6, 6.07) is 22.6. The summed E-state index contributed by atoms with van der Waals surface area (Å²) in [7, 11) is -3.68. The maximum atomic E-state index is 13.4. The third-order valence-corrected chi connectivity index (χ3v) is 6.19. The molecule has 0 unspecified atom stereocenters. The normalized spacial score (nSPS) is 11.3. The van der Waals surface area contributed by atoms with Crippen LogP contribution in [0.4, 0.5) is 5.69 Å². The van der Waals surface area contributed by atoms with E-state index in [1.807, 2.05) is 81.4 Å². The van der Waals surface area contributed by atoms with Crippen LogP contribution in [0.2, 0.25) is 0 Å². The predicted molar refractivity (Wildman–Crippen MR) is 107 cm³/mol. The highest BCUT2D eigenvalue weighted by Crippen LogP contribution is 2.29. The average molecular weight is 365 g/mol. The fraction of sp³-hybridized carbons (Fsp3) is 0.182. The topological polar surface area (TPSA) is 37.4 Å². The zero-order valence-electron chi connectivity index (χ0n) is 15.3. The van der Waals surface area contributed by atoms with Crippen molar-refractivity contribution in [2.45, 2.75) is 32.2 Å². The molecule has 0 bridgehead atoms. The van der Waals surface area contributed by atoms with Gasteiger partial charge in [0.25, 0.3) is 10.0 Å². The van der Waals surface area contributed by atoms with Gasteiger partial charge < -0.3 is 0 Å². The molecule has 134 valence electrons. The Labute approximate surface area is 156 Å². The van der Waals surface area contributed by atoms with Crippen molar-refractivity contribution in [2.24, 2.45) is 0 Å². The van der Waals surface area contributed by atoms with Crippen molar-refractivity contribution in [1.29, 1.82) is 0 Å². The summed E-state index contributed by atoms with van der Waals surface area (Å²) in [6.07, 6.45) is 0. The number of hydrogen-bond acceptors (Lipinski definition) is 2. The lowest BCUT2D eigenvalue weighted by molar-refractivity contribution is 0.590. The molecule has 3 aromatic carbocycles. The molecule has 3 rings (SSSR count). The number of nitrogens with zero attached hydrogens (tertiary/aromatic N) is 1. The van der Waals surface area contributed by atoms with Crippen molar-refractivity contribution in [3.05, 3.63) is 95.1 Å². The largest absolute Gasteiger partial charge is 0.264 e. The summed E-state index contributed by atoms with van der Waals surface area (Å²) in [5, 5.41) is 0. The maximum Gasteiger partial charge on any atom is 0.264 e. The fourth-order valence-electron chi connectivity index (χ4n) is 2.87. The number of benzene rings is 3. The molecule has 0 amide bonds. The van der Waals surface area contributed by atoms with Crippen molar-refractivity contribution >= 4 is 15.7 Å². The highest BCUT2D eigenvalue weighted by Gasteiger charge is 2.26. The second-order valence-corrected chi connectivity index (χ2v) is 8.46. The van der Waals surface area contributed by atoms with Gasteiger partial charge in [-0.3, -0.25) is 4.31 Å². The van der Waals surface area contributed by atoms with Crippen LogP contribution < -0.4 is 4.31 Å². The third-order valence-electron chi connectivity index (χ3n) is 4.41. The molecule has 0 aliphatic heterocycles. The van der Waals surface area contributed by atoms with Gasteiger partial charge in [0.2, 0.25) is 0 Å². The van der Waals surface area contributed by atoms with E-state index in [4.69, 9.17) is 0 Å². The van der Waals surface area contributed by atoms with E-state index >= 15 is 0 Å². The van der Waals surface area contributed by atoms with Crippen LogP contribution >= 0.6 is 0 Å². The Balaban J connectivity index is 2.13. The number of anilines is 1. The Morgan fingerprint density at radius 1 is 0.769 bits per heavy atom. The van der Waals surface area contributed by atoms with Crippen molar-refractivity contribution < 1.29 is 8.42 Å². The third kappa shape index (κ3) is 3.81. The van der Waals surface area contributed by atoms with Crippen LogP contribution in [0.5, 0.6) is 0 Å². The highest BCUT2D eigenvalue weighted by atomic mass is 32.2. The molecule has 0 radical (unpaired) electrons. The van der Waals surface area contributed by atoms with E-state index in [-0.39, 0.29) is 0 Å². The van der Waals surface area contributed by atoms with Gasteiger partial charge in [-0.1, -0.05) is 60.2 Å². The first-order chi connectivity index (χ1) is 12.4. The van der Waals surface area contributed by atoms with Gasteiger partial charge in [-0.15, -0.1) is 0 Å². The first-order valence-corrected chi connectivity index (χ1v) is 10.0. The van der Waals surface area contributed by atoms with Crippen molar-refractivity contribution in [2.75, 3.05) is 4.31 Å². The van der Waals surface area contributed by atoms with Crippen LogP contribution in [0.1, 0.15) is 22.3 Å². The van der Waals surface area contributed by atoms with Crippen LogP contribution in [-0.4, -0.2) is 8.42 Å². The number of hydrogen-bond donors (Lipinski definition) is 0. The molecular formula is C22H23NO2S. The summed E-state index contributed by atoms with van der Waals surface area (Å²) in [5.74, 6) is 0. The van der Waals surface area contributed by atoms with Gasteiger partial charge in [0, 0.05) is 0 Å². The molecule has 0 aromatic heterocycles. The summed E-state index contributed by atoms with van der Waals surface area (Å²) >= 11 is 0. The zero-order valence-corrected chi connectivity index (χ0v) is 16.1. The van der Waals surface area contributed by atoms with E-state index < -0.39 is 10.0 Å². The average Bonchev–Trinajstić information content (AvgIpc) is 2.63. The zero-order chi connectivity index (χ0) is 18.7. The van der Waals surface area contributed by atoms with Gasteiger partial charge in [0.05, 0.1) is 17.1 Å². The summed E-state index contributed by atoms with van der Waals surface area (Å²) in [6.45, 7) is 6.16. The Kier molecular flexibility index (Phi) is 5.14. The standard InChI is InChI=1S/C22H23NO2S/c1-17-10-13-21(14-11-17)26(24,25)23(16-20-7-5-4-6-8-20)22-15-18(2)9-12-19(22)3/h4-15H,16H2,1-3H3. The molecule has 3 aromatic rings. The van der Waals surface area contributed by atoms with Crippen LogP contribution in [0.3, 0.4) is 0 Å². The van der Waals surface area contributed by atoms with Crippen LogP contribution in [-0.2, 0) is 16.6 Å². The molecular weight excluding hydrogens is 342 g/mol. The van der Waals surface area contributed by atoms with E-state index in [1.165, 1.54) is 4.31 Å². The highest BCUT2D eigenvalue weighted by molar-refractivity contribution is 7.92. The maximum absolute atomic E-state index is 13.4. The van der Waals surface area contributed by atoms with Gasteiger partial charge >= 0.3 is 0 Å². The van der Waals surface area contributed by atoms with Crippen molar-refractivity contribution in [1.82, 2.24) is 0 Å². The summed E-state index contributed by atoms with van der Waals surface area (Å²) in [4.78, 5) is 0.305. The minimum Gasteiger partial charge on any atom is -0.262 e. The molecule has 0 spiro atoms. The van der Waals surface area contributed by atoms with Crippen LogP contribution in [0.15, 0.2) is 77.7 Å². The quantitative estimate of drug-likeness (QED) is 0.637. The molecule has 0 aliphatic carbocycles. The van der Waals surface area contributed by atoms with Crippen LogP contribution in [0, 0.1) is 20.8 Å². The molecule has 0 saturated heterocycles. The minimum atomic E-state index is -3.68. The second-order valence-electron chi connectivity index (χ2n) is 6.60. The molecule has 4 heteroatoms. The summed E-state index contributed by atoms with van der Waals surface area (Å²) in [5.41, 5.74) is 4.66. The molecule has 0 heterocycles. The van der Waals surface area contributed by atoms with E-state index in [1.54, 1.807) is 12.1 Å². The Morgan fingerprint density at radius 2 is 1.38 bits per heavy atom. The van der Waals surface area contributed by atoms with Crippen LogP contribution in [0.25, 0.3) is 0 Å². The Hall–Kier alpha value is -2.59. The minimum absolute atomic E-state index is 0.293. The molecule has 26 heavy (non-hydrogen) atoms. The predicted octanol–water partition coefficient (Wildman–Crippen LogP) is 5.01. The monoisotopic (exact) mass is 365 g/mol. The molecule has 3 nitrogen and oxygen atoms in total. The van der Waals surface area contributed by atoms with E-state index in [0.717, 1.165) is 27.9 Å². The lowest BCUT2D eigenvalue weighted by Gasteiger charge is -2.26. The van der Waals surface area contributed by atoms with Crippen molar-refractivity contribution in [3.8, 4) is 0 Å². The number of rotatable bonds is 5. The lowest BCUT2D eigenvalue weighted by Crippen LogP contribution is -2.31. The summed E-state index contributed by atoms with van der Waals surface area (Å²) < 4.78 is 28.4. The van der Waals surface area contributed by atoms with E-state index in [9.17, 15) is 8.42 Å². The second kappa shape index (κ2) is 7.34. The Morgan fingerprint density at radius 3 is 2.04 bits per heavy atom. The molecule has 0 aliphatic rings. The number of sulfonamides is 1. The SMILES string of the molecule is Cc1ccc(S(=O)(=O)N(Cc2ccccc2)c2cc(C)ccc2C)cc1. The van der Waals surface area contributed by atoms with Gasteiger partial charge in [-0.25, -0.2) is 8.42 Å². The molecule has 0 saturated carbocycles. The van der Waals surface area contributed by atoms with Gasteiger partial charge in [-0.05, 0) is 55.7 Å². The fourth-order valence-corrected chi connectivity index (χ4v) is 4.38. The Bertz CT molecular complexity index is 994. The smallest absolute Gasteiger partial charge is 0.262 e. The van der Waals surface area contributed by atoms with E-state index in [0.29, 0.717) is 11.4 Å². The molecule has 0 atom stereocenters. The van der Waals surface area contributed by atoms with Crippen molar-refractivity contribution in [3.63, 3.8) is 0 Å². The lowest BCUT2D eigenvalue weighted by atomic mass is 10.1. The van der Waals surface area contributed by atoms with Gasteiger partial charge in [0.1, 0.15) is 0 Å². The molecule has 0 N–H and O–H groups in total. The van der Waals surface area contributed by atoms with Gasteiger partial charge in [-0.2, -0.15) is 0 Å².